The van der Waals surface area contributed by atoms with Gasteiger partial charge in [0.25, 0.3) is 0 Å². The molecule has 0 unspecified atom stereocenters. The van der Waals surface area contributed by atoms with E-state index < -0.39 is 41.7 Å². The summed E-state index contributed by atoms with van der Waals surface area (Å²) >= 11 is -1.65. The van der Waals surface area contributed by atoms with Crippen molar-refractivity contribution >= 4 is 141 Å². The molecule has 0 saturated carbocycles. The van der Waals surface area contributed by atoms with E-state index in [1.165, 1.54) is 166 Å². The second-order valence-electron chi connectivity index (χ2n) is 24.5. The Labute approximate surface area is 652 Å². The zero-order valence-electron chi connectivity index (χ0n) is 59.7. The predicted octanol–water partition coefficient (Wildman–Crippen LogP) is 29.9. The predicted molar refractivity (Wildman–Crippen MR) is 453 cm³/mol. The molecule has 102 heavy (non-hydrogen) atoms. The van der Waals surface area contributed by atoms with Crippen LogP contribution in [0.25, 0.3) is 131 Å². The normalized spacial score (nSPS) is 10.5. The van der Waals surface area contributed by atoms with Crippen molar-refractivity contribution < 1.29 is 41.7 Å². The van der Waals surface area contributed by atoms with Gasteiger partial charge in [-0.15, -0.1) is 138 Å². The molecule has 8 heteroatoms. The Morgan fingerprint density at radius 1 is 0.265 bits per heavy atom. The number of unbranched alkanes of at least 4 members (excludes halogenated alkanes) is 3. The standard InChI is InChI=1S/4C21H17.C6H12.2C2H5Si.4ClH.2Zr/c4*1-2-15-13-17-9-6-12-20(21(17)14-15)19-11-5-8-16-7-3-4-10-18(16)19;1-3-5-6-4-2;2*1-2-3;;;;;;/h4*3-14H,2H2,1H3;1-6H2;2*2H2,1H3;4*1H;;/q4*-1;-2;;;;;;;2*+2/p-4. The van der Waals surface area contributed by atoms with E-state index in [1.807, 2.05) is 13.8 Å². The third-order valence-corrected chi connectivity index (χ3v) is 17.9. The molecule has 0 saturated heterocycles. The zero-order valence-corrected chi connectivity index (χ0v) is 69.6. The third kappa shape index (κ3) is 21.6. The van der Waals surface area contributed by atoms with Crippen molar-refractivity contribution in [2.75, 3.05) is 0 Å². The van der Waals surface area contributed by atoms with E-state index in [-0.39, 0.29) is 0 Å². The summed E-state index contributed by atoms with van der Waals surface area (Å²) in [6.07, 6.45) is 8.96. The molecule has 0 bridgehead atoms. The number of hydrogen-bond donors (Lipinski definition) is 0. The summed E-state index contributed by atoms with van der Waals surface area (Å²) in [6, 6.07) is 108. The fourth-order valence-electron chi connectivity index (χ4n) is 13.1. The summed E-state index contributed by atoms with van der Waals surface area (Å²) in [4.78, 5) is 0. The average Bonchev–Trinajstić information content (AvgIpc) is 1.44. The summed E-state index contributed by atoms with van der Waals surface area (Å²) in [7, 11) is 26.1. The molecule has 0 N–H and O–H groups in total. The maximum absolute atomic E-state index is 4.93. The molecule has 16 aromatic carbocycles. The van der Waals surface area contributed by atoms with Crippen molar-refractivity contribution in [3.8, 4) is 44.5 Å². The van der Waals surface area contributed by atoms with Crippen LogP contribution in [-0.4, -0.2) is 20.5 Å². The first kappa shape index (κ1) is 81.2. The Morgan fingerprint density at radius 2 is 0.431 bits per heavy atom. The topological polar surface area (TPSA) is 0 Å². The van der Waals surface area contributed by atoms with Gasteiger partial charge >= 0.3 is 75.7 Å². The Morgan fingerprint density at radius 3 is 0.618 bits per heavy atom. The SMILES string of the molecule is CC[Si].CC[Si].CCc1cc2c(-c3cccc4ccccc34)cccc2[cH-]1.CCc1cc2c(-c3cccc4ccccc34)cccc2[cH-]1.CCc1cc2c(-c3cccc4ccccc34)cccc2[cH-]1.CCc1cc2c(-c3cccc4ccccc34)cccc2[cH-]1.[CH2-]CCCC[CH2-].[Cl][Zr][Cl].[Cl][Zr][Cl]. The summed E-state index contributed by atoms with van der Waals surface area (Å²) in [6.45, 7) is 20.3. The fraction of sp³-hybridized carbons (Fsp3) is 0.170. The van der Waals surface area contributed by atoms with Crippen LogP contribution in [0.4, 0.5) is 0 Å². The Kier molecular flexibility index (Phi) is 34.8. The van der Waals surface area contributed by atoms with E-state index in [0.717, 1.165) is 50.6 Å². The van der Waals surface area contributed by atoms with Crippen LogP contribution in [0.15, 0.2) is 291 Å². The van der Waals surface area contributed by atoms with E-state index >= 15 is 0 Å². The molecule has 16 rings (SSSR count). The Hall–Kier alpha value is -6.52. The Balaban J connectivity index is 0.000000160. The zero-order chi connectivity index (χ0) is 72.6. The molecule has 0 aliphatic heterocycles. The number of rotatable bonds is 11. The second kappa shape index (κ2) is 43.7. The van der Waals surface area contributed by atoms with Gasteiger partial charge in [-0.1, -0.05) is 283 Å². The number of benzene rings is 12. The van der Waals surface area contributed by atoms with Gasteiger partial charge in [-0.2, -0.15) is 37.1 Å². The van der Waals surface area contributed by atoms with Crippen molar-refractivity contribution in [1.29, 1.82) is 0 Å². The first-order valence-corrected chi connectivity index (χ1v) is 49.6. The fourth-order valence-corrected chi connectivity index (χ4v) is 13.1. The molecule has 0 atom stereocenters. The van der Waals surface area contributed by atoms with E-state index in [4.69, 9.17) is 34.1 Å². The van der Waals surface area contributed by atoms with Crippen LogP contribution in [0, 0.1) is 13.8 Å². The molecular formula is C94H90Cl4Si2Zr2-6. The van der Waals surface area contributed by atoms with Gasteiger partial charge in [-0.25, -0.2) is 0 Å². The van der Waals surface area contributed by atoms with Crippen molar-refractivity contribution in [2.45, 2.75) is 105 Å². The number of fused-ring (bicyclic) bond motifs is 8. The third-order valence-electron chi connectivity index (χ3n) is 17.9. The minimum atomic E-state index is -0.826. The van der Waals surface area contributed by atoms with Crippen molar-refractivity contribution in [3.63, 3.8) is 0 Å². The molecule has 0 nitrogen and oxygen atoms in total. The van der Waals surface area contributed by atoms with Crippen molar-refractivity contribution in [3.05, 3.63) is 327 Å². The first-order chi connectivity index (χ1) is 50.0. The van der Waals surface area contributed by atoms with E-state index in [2.05, 4.69) is 353 Å². The van der Waals surface area contributed by atoms with Crippen LogP contribution in [0.1, 0.15) is 89.5 Å². The van der Waals surface area contributed by atoms with Crippen LogP contribution < -0.4 is 0 Å². The molecule has 0 aromatic heterocycles. The minimum absolute atomic E-state index is 0.826. The summed E-state index contributed by atoms with van der Waals surface area (Å²) in [5.74, 6) is 0. The monoisotopic (exact) mass is 1590 g/mol. The van der Waals surface area contributed by atoms with Gasteiger partial charge in [0.2, 0.25) is 0 Å². The van der Waals surface area contributed by atoms with Gasteiger partial charge in [0.1, 0.15) is 0 Å². The van der Waals surface area contributed by atoms with Gasteiger partial charge in [-0.05, 0) is 91.0 Å². The molecule has 0 aliphatic rings. The molecule has 6 radical (unpaired) electrons. The summed E-state index contributed by atoms with van der Waals surface area (Å²) < 4.78 is 0. The summed E-state index contributed by atoms with van der Waals surface area (Å²) in [5, 5.41) is 21.3. The van der Waals surface area contributed by atoms with E-state index in [1.54, 1.807) is 0 Å². The van der Waals surface area contributed by atoms with Crippen LogP contribution in [0.5, 0.6) is 0 Å². The molecular weight excluding hydrogens is 1510 g/mol. The van der Waals surface area contributed by atoms with Gasteiger partial charge in [0, 0.05) is 20.5 Å². The number of halogens is 4. The van der Waals surface area contributed by atoms with Crippen LogP contribution in [-0.2, 0) is 67.4 Å². The van der Waals surface area contributed by atoms with E-state index in [9.17, 15) is 0 Å². The van der Waals surface area contributed by atoms with Crippen LogP contribution >= 0.6 is 34.1 Å². The quantitative estimate of drug-likeness (QED) is 0.0688. The van der Waals surface area contributed by atoms with Gasteiger partial charge in [0.05, 0.1) is 0 Å². The van der Waals surface area contributed by atoms with Gasteiger partial charge in [0.15, 0.2) is 0 Å². The molecule has 0 fully saturated rings. The maximum atomic E-state index is 4.93. The molecule has 0 amide bonds. The Bertz CT molecular complexity index is 4500. The second-order valence-corrected chi connectivity index (χ2v) is 33.4. The molecule has 0 aliphatic carbocycles. The van der Waals surface area contributed by atoms with Crippen LogP contribution in [0.3, 0.4) is 0 Å². The summed E-state index contributed by atoms with van der Waals surface area (Å²) in [5.41, 5.74) is 16.3. The molecule has 0 spiro atoms. The van der Waals surface area contributed by atoms with Crippen LogP contribution in [0.2, 0.25) is 12.1 Å². The molecule has 0 heterocycles. The van der Waals surface area contributed by atoms with Gasteiger partial charge < -0.3 is 13.8 Å². The van der Waals surface area contributed by atoms with Gasteiger partial charge in [-0.3, -0.25) is 0 Å². The number of hydrogen-bond acceptors (Lipinski definition) is 0. The van der Waals surface area contributed by atoms with Crippen molar-refractivity contribution in [2.24, 2.45) is 0 Å². The van der Waals surface area contributed by atoms with Crippen molar-refractivity contribution in [1.82, 2.24) is 0 Å². The molecule has 16 aromatic rings. The number of aryl methyl sites for hydroxylation is 4. The molecule has 516 valence electrons. The average molecular weight is 1600 g/mol. The van der Waals surface area contributed by atoms with E-state index in [0.29, 0.717) is 0 Å². The first-order valence-electron chi connectivity index (χ1n) is 35.5.